The first-order valence-corrected chi connectivity index (χ1v) is 8.99. The SMILES string of the molecule is COc1ccc(CN(C)[C@@H]2CCN(Cc3ccccc3)C[C@@H]2C)nn1. The first-order valence-electron chi connectivity index (χ1n) is 8.99. The highest BCUT2D eigenvalue weighted by atomic mass is 16.5. The fraction of sp³-hybridized carbons (Fsp3) is 0.500. The van der Waals surface area contributed by atoms with Gasteiger partial charge in [-0.1, -0.05) is 37.3 Å². The molecule has 1 saturated heterocycles. The molecular formula is C20H28N4O. The predicted octanol–water partition coefficient (Wildman–Crippen LogP) is 2.83. The molecular weight excluding hydrogens is 312 g/mol. The van der Waals surface area contributed by atoms with Gasteiger partial charge in [0.05, 0.1) is 12.8 Å². The largest absolute Gasteiger partial charge is 0.480 e. The quantitative estimate of drug-likeness (QED) is 0.809. The Hall–Kier alpha value is -1.98. The van der Waals surface area contributed by atoms with Crippen LogP contribution >= 0.6 is 0 Å². The van der Waals surface area contributed by atoms with Gasteiger partial charge in [-0.05, 0) is 37.6 Å². The Morgan fingerprint density at radius 1 is 1.16 bits per heavy atom. The molecule has 0 amide bonds. The smallest absolute Gasteiger partial charge is 0.233 e. The summed E-state index contributed by atoms with van der Waals surface area (Å²) in [5.74, 6) is 1.20. The Bertz CT molecular complexity index is 647. The summed E-state index contributed by atoms with van der Waals surface area (Å²) in [5.41, 5.74) is 2.39. The van der Waals surface area contributed by atoms with Crippen LogP contribution in [0.1, 0.15) is 24.6 Å². The number of benzene rings is 1. The molecule has 0 unspecified atom stereocenters. The highest BCUT2D eigenvalue weighted by Crippen LogP contribution is 2.23. The average molecular weight is 340 g/mol. The lowest BCUT2D eigenvalue weighted by Gasteiger charge is -2.41. The predicted molar refractivity (Wildman–Crippen MR) is 99.3 cm³/mol. The molecule has 3 rings (SSSR count). The van der Waals surface area contributed by atoms with Crippen LogP contribution in [0, 0.1) is 5.92 Å². The summed E-state index contributed by atoms with van der Waals surface area (Å²) in [6.07, 6.45) is 1.19. The summed E-state index contributed by atoms with van der Waals surface area (Å²) in [6, 6.07) is 15.2. The van der Waals surface area contributed by atoms with Gasteiger partial charge in [-0.2, -0.15) is 5.10 Å². The zero-order valence-corrected chi connectivity index (χ0v) is 15.4. The van der Waals surface area contributed by atoms with E-state index in [1.165, 1.54) is 12.0 Å². The van der Waals surface area contributed by atoms with Crippen molar-refractivity contribution < 1.29 is 4.74 Å². The normalized spacial score (nSPS) is 21.4. The average Bonchev–Trinajstić information content (AvgIpc) is 2.63. The lowest BCUT2D eigenvalue weighted by Crippen LogP contribution is -2.48. The van der Waals surface area contributed by atoms with Crippen LogP contribution in [0.3, 0.4) is 0 Å². The highest BCUT2D eigenvalue weighted by Gasteiger charge is 2.29. The molecule has 1 aromatic carbocycles. The Kier molecular flexibility index (Phi) is 6.00. The van der Waals surface area contributed by atoms with E-state index in [0.29, 0.717) is 17.8 Å². The Morgan fingerprint density at radius 2 is 1.96 bits per heavy atom. The molecule has 0 N–H and O–H groups in total. The van der Waals surface area contributed by atoms with Crippen molar-refractivity contribution in [1.29, 1.82) is 0 Å². The summed E-state index contributed by atoms with van der Waals surface area (Å²) in [6.45, 7) is 6.51. The monoisotopic (exact) mass is 340 g/mol. The third-order valence-electron chi connectivity index (χ3n) is 5.08. The maximum absolute atomic E-state index is 5.08. The molecule has 0 aliphatic carbocycles. The molecule has 5 nitrogen and oxygen atoms in total. The minimum atomic E-state index is 0.564. The first kappa shape index (κ1) is 17.8. The molecule has 25 heavy (non-hydrogen) atoms. The van der Waals surface area contributed by atoms with Crippen molar-refractivity contribution in [2.24, 2.45) is 5.92 Å². The van der Waals surface area contributed by atoms with E-state index in [4.69, 9.17) is 4.74 Å². The van der Waals surface area contributed by atoms with Crippen molar-refractivity contribution in [3.05, 3.63) is 53.7 Å². The molecule has 1 aromatic heterocycles. The van der Waals surface area contributed by atoms with E-state index in [2.05, 4.69) is 64.3 Å². The van der Waals surface area contributed by atoms with Crippen LogP contribution in [-0.2, 0) is 13.1 Å². The van der Waals surface area contributed by atoms with Crippen LogP contribution in [0.4, 0.5) is 0 Å². The van der Waals surface area contributed by atoms with Gasteiger partial charge in [-0.3, -0.25) is 9.80 Å². The molecule has 2 atom stereocenters. The number of ether oxygens (including phenoxy) is 1. The fourth-order valence-electron chi connectivity index (χ4n) is 3.77. The Balaban J connectivity index is 1.53. The second-order valence-electron chi connectivity index (χ2n) is 7.04. The van der Waals surface area contributed by atoms with E-state index < -0.39 is 0 Å². The Labute approximate surface area is 150 Å². The minimum Gasteiger partial charge on any atom is -0.480 e. The summed E-state index contributed by atoms with van der Waals surface area (Å²) >= 11 is 0. The van der Waals surface area contributed by atoms with E-state index in [1.807, 2.05) is 12.1 Å². The molecule has 2 aromatic rings. The number of aromatic nitrogens is 2. The van der Waals surface area contributed by atoms with Crippen LogP contribution in [0.2, 0.25) is 0 Å². The van der Waals surface area contributed by atoms with Crippen LogP contribution in [0.15, 0.2) is 42.5 Å². The molecule has 134 valence electrons. The van der Waals surface area contributed by atoms with Crippen LogP contribution in [0.25, 0.3) is 0 Å². The van der Waals surface area contributed by atoms with E-state index in [0.717, 1.165) is 31.9 Å². The van der Waals surface area contributed by atoms with Gasteiger partial charge < -0.3 is 4.74 Å². The van der Waals surface area contributed by atoms with E-state index in [-0.39, 0.29) is 0 Å². The summed E-state index contributed by atoms with van der Waals surface area (Å²) in [5, 5.41) is 8.32. The number of piperidine rings is 1. The van der Waals surface area contributed by atoms with Crippen molar-refractivity contribution in [2.45, 2.75) is 32.5 Å². The van der Waals surface area contributed by atoms with E-state index >= 15 is 0 Å². The lowest BCUT2D eigenvalue weighted by atomic mass is 9.92. The van der Waals surface area contributed by atoms with Gasteiger partial charge in [0, 0.05) is 31.7 Å². The zero-order chi connectivity index (χ0) is 17.6. The minimum absolute atomic E-state index is 0.564. The van der Waals surface area contributed by atoms with Crippen LogP contribution in [-0.4, -0.2) is 53.3 Å². The van der Waals surface area contributed by atoms with Crippen molar-refractivity contribution in [1.82, 2.24) is 20.0 Å². The van der Waals surface area contributed by atoms with Crippen molar-refractivity contribution in [3.63, 3.8) is 0 Å². The standard InChI is InChI=1S/C20H28N4O/c1-16-13-24(14-17-7-5-4-6-8-17)12-11-19(16)23(2)15-18-9-10-20(25-3)22-21-18/h4-10,16,19H,11-15H2,1-3H3/t16-,19+/m0/s1. The highest BCUT2D eigenvalue weighted by molar-refractivity contribution is 5.14. The molecule has 1 aliphatic rings. The molecule has 0 bridgehead atoms. The fourth-order valence-corrected chi connectivity index (χ4v) is 3.77. The molecule has 5 heteroatoms. The van der Waals surface area contributed by atoms with Gasteiger partial charge in [0.25, 0.3) is 0 Å². The number of hydrogen-bond donors (Lipinski definition) is 0. The number of nitrogens with zero attached hydrogens (tertiary/aromatic N) is 4. The van der Waals surface area contributed by atoms with Gasteiger partial charge in [0.2, 0.25) is 5.88 Å². The van der Waals surface area contributed by atoms with Gasteiger partial charge in [-0.25, -0.2) is 0 Å². The van der Waals surface area contributed by atoms with Crippen LogP contribution in [0.5, 0.6) is 5.88 Å². The van der Waals surface area contributed by atoms with Crippen LogP contribution < -0.4 is 4.74 Å². The first-order chi connectivity index (χ1) is 12.2. The summed E-state index contributed by atoms with van der Waals surface area (Å²) < 4.78 is 5.08. The van der Waals surface area contributed by atoms with Gasteiger partial charge in [0.15, 0.2) is 0 Å². The third-order valence-corrected chi connectivity index (χ3v) is 5.08. The number of methoxy groups -OCH3 is 1. The van der Waals surface area contributed by atoms with Crippen molar-refractivity contribution in [3.8, 4) is 5.88 Å². The van der Waals surface area contributed by atoms with E-state index in [1.54, 1.807) is 7.11 Å². The van der Waals surface area contributed by atoms with Crippen molar-refractivity contribution >= 4 is 0 Å². The second kappa shape index (κ2) is 8.41. The van der Waals surface area contributed by atoms with Crippen molar-refractivity contribution in [2.75, 3.05) is 27.2 Å². The summed E-state index contributed by atoms with van der Waals surface area (Å²) in [7, 11) is 3.81. The number of hydrogen-bond acceptors (Lipinski definition) is 5. The molecule has 0 radical (unpaired) electrons. The number of rotatable bonds is 6. The molecule has 0 saturated carbocycles. The maximum atomic E-state index is 5.08. The topological polar surface area (TPSA) is 41.5 Å². The molecule has 2 heterocycles. The zero-order valence-electron chi connectivity index (χ0n) is 15.4. The molecule has 1 fully saturated rings. The van der Waals surface area contributed by atoms with Gasteiger partial charge >= 0.3 is 0 Å². The Morgan fingerprint density at radius 3 is 2.60 bits per heavy atom. The number of likely N-dealkylation sites (tertiary alicyclic amines) is 1. The third kappa shape index (κ3) is 4.77. The van der Waals surface area contributed by atoms with Gasteiger partial charge in [0.1, 0.15) is 0 Å². The molecule has 1 aliphatic heterocycles. The second-order valence-corrected chi connectivity index (χ2v) is 7.04. The maximum Gasteiger partial charge on any atom is 0.233 e. The van der Waals surface area contributed by atoms with Gasteiger partial charge in [-0.15, -0.1) is 5.10 Å². The van der Waals surface area contributed by atoms with E-state index in [9.17, 15) is 0 Å². The lowest BCUT2D eigenvalue weighted by molar-refractivity contribution is 0.0711. The molecule has 0 spiro atoms. The summed E-state index contributed by atoms with van der Waals surface area (Å²) in [4.78, 5) is 4.98.